The molecule has 8 heteroatoms. The molecular weight excluding hydrogens is 378 g/mol. The van der Waals surface area contributed by atoms with Gasteiger partial charge >= 0.3 is 0 Å². The van der Waals surface area contributed by atoms with Crippen molar-refractivity contribution in [2.24, 2.45) is 0 Å². The van der Waals surface area contributed by atoms with E-state index in [0.29, 0.717) is 16.5 Å². The number of aromatic nitrogens is 4. The molecule has 3 rings (SSSR count). The van der Waals surface area contributed by atoms with E-state index in [2.05, 4.69) is 15.5 Å². The Labute approximate surface area is 169 Å². The number of nitrogens with zero attached hydrogens (tertiary/aromatic N) is 4. The molecule has 0 aliphatic heterocycles. The molecule has 7 nitrogen and oxygen atoms in total. The van der Waals surface area contributed by atoms with Crippen LogP contribution in [0.25, 0.3) is 0 Å². The highest BCUT2D eigenvalue weighted by Gasteiger charge is 2.17. The van der Waals surface area contributed by atoms with Crippen molar-refractivity contribution in [3.8, 4) is 5.75 Å². The number of hydrogen-bond donors (Lipinski definition) is 1. The molecule has 0 aliphatic rings. The van der Waals surface area contributed by atoms with E-state index in [1.165, 1.54) is 0 Å². The number of hydrogen-bond acceptors (Lipinski definition) is 4. The standard InChI is InChI=1S/C20H24ClN5O2/c1-5-25-11-17(15(4)23-25)14(3)22-20(27)19-8-9-26(24-19)12-28-16-6-7-18(21)13(2)10-16/h6-11,14H,5,12H2,1-4H3,(H,22,27). The monoisotopic (exact) mass is 401 g/mol. The molecule has 0 radical (unpaired) electrons. The van der Waals surface area contributed by atoms with Crippen molar-refractivity contribution >= 4 is 17.5 Å². The molecule has 1 unspecified atom stereocenters. The third-order valence-corrected chi connectivity index (χ3v) is 4.91. The zero-order valence-corrected chi connectivity index (χ0v) is 17.2. The average molecular weight is 402 g/mol. The molecule has 3 aromatic rings. The minimum atomic E-state index is -0.239. The molecule has 28 heavy (non-hydrogen) atoms. The van der Waals surface area contributed by atoms with Gasteiger partial charge in [-0.1, -0.05) is 11.6 Å². The predicted molar refractivity (Wildman–Crippen MR) is 108 cm³/mol. The van der Waals surface area contributed by atoms with Crippen molar-refractivity contribution in [3.05, 3.63) is 64.2 Å². The topological polar surface area (TPSA) is 74.0 Å². The fraction of sp³-hybridized carbons (Fsp3) is 0.350. The van der Waals surface area contributed by atoms with Gasteiger partial charge in [0.25, 0.3) is 5.91 Å². The molecule has 1 aromatic carbocycles. The number of carbonyl (C=O) groups excluding carboxylic acids is 1. The zero-order valence-electron chi connectivity index (χ0n) is 16.4. The number of amides is 1. The first kappa shape index (κ1) is 19.9. The van der Waals surface area contributed by atoms with Crippen LogP contribution in [0.5, 0.6) is 5.75 Å². The summed E-state index contributed by atoms with van der Waals surface area (Å²) in [6, 6.07) is 6.96. The first-order valence-electron chi connectivity index (χ1n) is 9.14. The van der Waals surface area contributed by atoms with Gasteiger partial charge in [0.15, 0.2) is 6.73 Å². The SMILES string of the molecule is CCn1cc(C(C)NC(=O)c2ccn(COc3ccc(Cl)c(C)c3)n2)c(C)n1. The summed E-state index contributed by atoms with van der Waals surface area (Å²) in [7, 11) is 0. The molecule has 1 atom stereocenters. The number of ether oxygens (including phenoxy) is 1. The summed E-state index contributed by atoms with van der Waals surface area (Å²) in [5.41, 5.74) is 3.18. The second-order valence-corrected chi connectivity index (χ2v) is 7.05. The van der Waals surface area contributed by atoms with Crippen LogP contribution in [-0.2, 0) is 13.3 Å². The maximum absolute atomic E-state index is 12.5. The molecule has 0 saturated heterocycles. The Balaban J connectivity index is 1.60. The molecule has 0 fully saturated rings. The van der Waals surface area contributed by atoms with Gasteiger partial charge < -0.3 is 10.1 Å². The molecule has 148 valence electrons. The Morgan fingerprint density at radius 3 is 2.71 bits per heavy atom. The van der Waals surface area contributed by atoms with E-state index in [1.807, 2.05) is 44.6 Å². The largest absolute Gasteiger partial charge is 0.471 e. The van der Waals surface area contributed by atoms with Crippen LogP contribution in [0.15, 0.2) is 36.7 Å². The van der Waals surface area contributed by atoms with Crippen molar-refractivity contribution in [2.75, 3.05) is 0 Å². The van der Waals surface area contributed by atoms with Crippen molar-refractivity contribution in [3.63, 3.8) is 0 Å². The Kier molecular flexibility index (Phi) is 6.04. The lowest BCUT2D eigenvalue weighted by molar-refractivity contribution is 0.0932. The fourth-order valence-corrected chi connectivity index (χ4v) is 2.99. The van der Waals surface area contributed by atoms with Gasteiger partial charge in [0.05, 0.1) is 11.7 Å². The molecule has 2 aromatic heterocycles. The van der Waals surface area contributed by atoms with Crippen LogP contribution < -0.4 is 10.1 Å². The fourth-order valence-electron chi connectivity index (χ4n) is 2.87. The van der Waals surface area contributed by atoms with E-state index in [0.717, 1.165) is 23.4 Å². The van der Waals surface area contributed by atoms with E-state index in [1.54, 1.807) is 29.1 Å². The molecule has 0 bridgehead atoms. The molecule has 1 N–H and O–H groups in total. The quantitative estimate of drug-likeness (QED) is 0.651. The number of rotatable bonds is 7. The zero-order chi connectivity index (χ0) is 20.3. The number of halogens is 1. The van der Waals surface area contributed by atoms with E-state index in [4.69, 9.17) is 16.3 Å². The minimum Gasteiger partial charge on any atom is -0.471 e. The van der Waals surface area contributed by atoms with Gasteiger partial charge in [-0.05, 0) is 57.5 Å². The van der Waals surface area contributed by atoms with Gasteiger partial charge in [0.1, 0.15) is 11.4 Å². The van der Waals surface area contributed by atoms with Gasteiger partial charge in [-0.3, -0.25) is 9.48 Å². The smallest absolute Gasteiger partial charge is 0.272 e. The maximum atomic E-state index is 12.5. The number of aryl methyl sites for hydroxylation is 3. The number of carbonyl (C=O) groups is 1. The van der Waals surface area contributed by atoms with Gasteiger partial charge in [-0.25, -0.2) is 4.68 Å². The van der Waals surface area contributed by atoms with Crippen LogP contribution in [0.1, 0.15) is 47.2 Å². The van der Waals surface area contributed by atoms with E-state index >= 15 is 0 Å². The summed E-state index contributed by atoms with van der Waals surface area (Å²) in [6.07, 6.45) is 3.67. The summed E-state index contributed by atoms with van der Waals surface area (Å²) in [5.74, 6) is 0.456. The highest BCUT2D eigenvalue weighted by Crippen LogP contribution is 2.21. The Hall–Kier alpha value is -2.80. The van der Waals surface area contributed by atoms with Crippen molar-refractivity contribution in [2.45, 2.75) is 47.0 Å². The molecule has 0 aliphatic carbocycles. The van der Waals surface area contributed by atoms with Crippen LogP contribution in [0.2, 0.25) is 5.02 Å². The third kappa shape index (κ3) is 4.54. The van der Waals surface area contributed by atoms with Crippen LogP contribution in [0.4, 0.5) is 0 Å². The summed E-state index contributed by atoms with van der Waals surface area (Å²) in [4.78, 5) is 12.5. The summed E-state index contributed by atoms with van der Waals surface area (Å²) >= 11 is 6.02. The second-order valence-electron chi connectivity index (χ2n) is 6.65. The predicted octanol–water partition coefficient (Wildman–Crippen LogP) is 3.90. The van der Waals surface area contributed by atoms with Gasteiger partial charge in [0, 0.05) is 29.5 Å². The number of benzene rings is 1. The number of nitrogens with one attached hydrogen (secondary N) is 1. The second kappa shape index (κ2) is 8.48. The molecular formula is C20H24ClN5O2. The highest BCUT2D eigenvalue weighted by atomic mass is 35.5. The van der Waals surface area contributed by atoms with Crippen molar-refractivity contribution < 1.29 is 9.53 Å². The van der Waals surface area contributed by atoms with E-state index in [-0.39, 0.29) is 18.7 Å². The molecule has 0 spiro atoms. The summed E-state index contributed by atoms with van der Waals surface area (Å²) < 4.78 is 9.13. The normalized spacial score (nSPS) is 12.0. The van der Waals surface area contributed by atoms with Crippen LogP contribution in [0, 0.1) is 13.8 Å². The van der Waals surface area contributed by atoms with Crippen molar-refractivity contribution in [1.29, 1.82) is 0 Å². The summed E-state index contributed by atoms with van der Waals surface area (Å²) in [5, 5.41) is 12.4. The lowest BCUT2D eigenvalue weighted by atomic mass is 10.1. The molecule has 1 amide bonds. The Morgan fingerprint density at radius 2 is 2.04 bits per heavy atom. The first-order valence-corrected chi connectivity index (χ1v) is 9.52. The maximum Gasteiger partial charge on any atom is 0.272 e. The van der Waals surface area contributed by atoms with Gasteiger partial charge in [0.2, 0.25) is 0 Å². The Morgan fingerprint density at radius 1 is 1.25 bits per heavy atom. The lowest BCUT2D eigenvalue weighted by Gasteiger charge is -2.12. The lowest BCUT2D eigenvalue weighted by Crippen LogP contribution is -2.27. The van der Waals surface area contributed by atoms with Crippen LogP contribution >= 0.6 is 11.6 Å². The molecule has 0 saturated carbocycles. The third-order valence-electron chi connectivity index (χ3n) is 4.49. The first-order chi connectivity index (χ1) is 13.4. The van der Waals surface area contributed by atoms with Gasteiger partial charge in [-0.15, -0.1) is 0 Å². The summed E-state index contributed by atoms with van der Waals surface area (Å²) in [6.45, 7) is 8.81. The van der Waals surface area contributed by atoms with Crippen molar-refractivity contribution in [1.82, 2.24) is 24.9 Å². The van der Waals surface area contributed by atoms with E-state index < -0.39 is 0 Å². The van der Waals surface area contributed by atoms with E-state index in [9.17, 15) is 4.79 Å². The Bertz CT molecular complexity index is 979. The van der Waals surface area contributed by atoms with Crippen LogP contribution in [0.3, 0.4) is 0 Å². The molecule has 2 heterocycles. The van der Waals surface area contributed by atoms with Crippen LogP contribution in [-0.4, -0.2) is 25.5 Å². The minimum absolute atomic E-state index is 0.161. The highest BCUT2D eigenvalue weighted by molar-refractivity contribution is 6.31. The average Bonchev–Trinajstić information content (AvgIpc) is 3.29. The van der Waals surface area contributed by atoms with Gasteiger partial charge in [-0.2, -0.15) is 10.2 Å².